The van der Waals surface area contributed by atoms with Crippen molar-refractivity contribution in [1.82, 2.24) is 5.32 Å². The minimum absolute atomic E-state index is 0.0229. The second-order valence-electron chi connectivity index (χ2n) is 28.5. The Kier molecular flexibility index (Phi) is 76.8. The summed E-state index contributed by atoms with van der Waals surface area (Å²) >= 11 is 0. The van der Waals surface area contributed by atoms with Crippen LogP contribution in [0.15, 0.2) is 12.2 Å². The molecule has 6 heteroatoms. The molecule has 0 bridgehead atoms. The fourth-order valence-corrected chi connectivity index (χ4v) is 13.3. The van der Waals surface area contributed by atoms with Gasteiger partial charge in [-0.15, -0.1) is 0 Å². The smallest absolute Gasteiger partial charge is 0.305 e. The van der Waals surface area contributed by atoms with Crippen LogP contribution >= 0.6 is 0 Å². The highest BCUT2D eigenvalue weighted by Crippen LogP contribution is 2.21. The summed E-state index contributed by atoms with van der Waals surface area (Å²) in [6, 6.07) is -0.542. The van der Waals surface area contributed by atoms with Crippen molar-refractivity contribution in [1.29, 1.82) is 0 Å². The summed E-state index contributed by atoms with van der Waals surface area (Å²) in [5.41, 5.74) is 0. The van der Waals surface area contributed by atoms with E-state index in [1.807, 2.05) is 0 Å². The number of amides is 1. The Morgan fingerprint density at radius 1 is 0.307 bits per heavy atom. The predicted octanol–water partition coefficient (Wildman–Crippen LogP) is 27.1. The molecule has 0 aromatic rings. The van der Waals surface area contributed by atoms with Gasteiger partial charge in [-0.3, -0.25) is 9.59 Å². The van der Waals surface area contributed by atoms with Gasteiger partial charge in [0.1, 0.15) is 0 Å². The molecule has 0 aromatic carbocycles. The summed E-state index contributed by atoms with van der Waals surface area (Å²) in [4.78, 5) is 24.7. The van der Waals surface area contributed by atoms with Gasteiger partial charge in [-0.2, -0.15) is 0 Å². The lowest BCUT2D eigenvalue weighted by Crippen LogP contribution is -2.45. The molecular weight excluding hydrogens is 1080 g/mol. The van der Waals surface area contributed by atoms with Gasteiger partial charge in [0.25, 0.3) is 0 Å². The summed E-state index contributed by atoms with van der Waals surface area (Å²) in [7, 11) is 0. The molecule has 6 nitrogen and oxygen atoms in total. The van der Waals surface area contributed by atoms with E-state index in [4.69, 9.17) is 4.74 Å². The molecule has 0 saturated heterocycles. The average Bonchev–Trinajstić information content (AvgIpc) is 3.57. The molecule has 0 radical (unpaired) electrons. The number of rotatable bonds is 78. The number of nitrogens with one attached hydrogen (secondary N) is 1. The topological polar surface area (TPSA) is 95.9 Å². The van der Waals surface area contributed by atoms with Gasteiger partial charge in [-0.05, 0) is 51.4 Å². The van der Waals surface area contributed by atoms with E-state index in [2.05, 4.69) is 31.3 Å². The Morgan fingerprint density at radius 3 is 0.807 bits per heavy atom. The highest BCUT2D eigenvalue weighted by atomic mass is 16.5. The first kappa shape index (κ1) is 86.6. The molecule has 0 aliphatic rings. The van der Waals surface area contributed by atoms with E-state index in [-0.39, 0.29) is 18.5 Å². The Labute approximate surface area is 552 Å². The molecule has 2 atom stereocenters. The number of carbonyl (C=O) groups excluding carboxylic acids is 2. The molecule has 0 rings (SSSR count). The lowest BCUT2D eigenvalue weighted by molar-refractivity contribution is -0.143. The number of carbonyl (C=O) groups is 2. The number of esters is 1. The Balaban J connectivity index is 3.35. The number of hydrogen-bond acceptors (Lipinski definition) is 5. The molecule has 0 aliphatic heterocycles. The number of unbranched alkanes of at least 4 members (excludes halogenated alkanes) is 65. The first-order chi connectivity index (χ1) is 43.5. The van der Waals surface area contributed by atoms with Crippen LogP contribution in [0.3, 0.4) is 0 Å². The largest absolute Gasteiger partial charge is 0.466 e. The zero-order valence-corrected chi connectivity index (χ0v) is 60.3. The molecule has 88 heavy (non-hydrogen) atoms. The van der Waals surface area contributed by atoms with Crippen molar-refractivity contribution in [2.45, 2.75) is 488 Å². The SMILES string of the molecule is CCCCCCCCCCCCCCCCCCCCCCCCCC(O)C(CO)NC(=O)CCCCCCCCCCCCCCC/C=C\CCCCCCCCCCCCCCOC(=O)CCCCCCCCCCCCCCCCCCCCC. The molecule has 2 unspecified atom stereocenters. The summed E-state index contributed by atoms with van der Waals surface area (Å²) in [6.07, 6.45) is 98.8. The normalized spacial score (nSPS) is 12.5. The van der Waals surface area contributed by atoms with Crippen LogP contribution in [0, 0.1) is 0 Å². The van der Waals surface area contributed by atoms with Crippen LogP contribution in [0.5, 0.6) is 0 Å². The van der Waals surface area contributed by atoms with E-state index in [0.717, 1.165) is 38.5 Å². The molecule has 3 N–H and O–H groups in total. The first-order valence-electron chi connectivity index (χ1n) is 40.9. The summed E-state index contributed by atoms with van der Waals surface area (Å²) in [6.45, 7) is 5.02. The highest BCUT2D eigenvalue weighted by Gasteiger charge is 2.20. The van der Waals surface area contributed by atoms with Crippen molar-refractivity contribution >= 4 is 11.9 Å². The van der Waals surface area contributed by atoms with E-state index in [9.17, 15) is 19.8 Å². The molecule has 0 fully saturated rings. The first-order valence-corrected chi connectivity index (χ1v) is 40.9. The fraction of sp³-hybridized carbons (Fsp3) is 0.951. The minimum Gasteiger partial charge on any atom is -0.466 e. The summed E-state index contributed by atoms with van der Waals surface area (Å²) < 4.78 is 5.52. The maximum atomic E-state index is 12.6. The van der Waals surface area contributed by atoms with Gasteiger partial charge in [-0.25, -0.2) is 0 Å². The fourth-order valence-electron chi connectivity index (χ4n) is 13.3. The van der Waals surface area contributed by atoms with Gasteiger partial charge in [0.2, 0.25) is 5.91 Å². The Morgan fingerprint density at radius 2 is 0.534 bits per heavy atom. The quantitative estimate of drug-likeness (QED) is 0.0320. The third-order valence-corrected chi connectivity index (χ3v) is 19.6. The highest BCUT2D eigenvalue weighted by molar-refractivity contribution is 5.76. The van der Waals surface area contributed by atoms with Crippen LogP contribution < -0.4 is 5.32 Å². The standard InChI is InChI=1S/C82H161NO5/c1-3-5-7-9-11-13-15-17-19-21-23-24-32-35-39-42-46-50-54-58-62-66-70-74-80(85)79(78-84)83-81(86)75-71-67-63-59-55-51-47-43-40-36-33-30-28-26-25-27-29-31-34-37-41-45-49-53-57-61-65-69-73-77-88-82(87)76-72-68-64-60-56-52-48-44-38-22-20-18-16-14-12-10-8-6-4-2/h25,27,79-80,84-85H,3-24,26,28-78H2,1-2H3,(H,83,86)/b27-25-. The Bertz CT molecular complexity index is 1340. The average molecular weight is 1240 g/mol. The van der Waals surface area contributed by atoms with Crippen molar-refractivity contribution in [3.8, 4) is 0 Å². The Hall–Kier alpha value is -1.40. The minimum atomic E-state index is -0.665. The van der Waals surface area contributed by atoms with Crippen LogP contribution in [-0.2, 0) is 14.3 Å². The maximum Gasteiger partial charge on any atom is 0.305 e. The molecule has 0 saturated carbocycles. The second-order valence-corrected chi connectivity index (χ2v) is 28.5. The maximum absolute atomic E-state index is 12.6. The monoisotopic (exact) mass is 1240 g/mol. The number of hydrogen-bond donors (Lipinski definition) is 3. The van der Waals surface area contributed by atoms with E-state index in [1.165, 1.54) is 405 Å². The van der Waals surface area contributed by atoms with E-state index in [1.54, 1.807) is 0 Å². The third-order valence-electron chi connectivity index (χ3n) is 19.6. The number of aliphatic hydroxyl groups excluding tert-OH is 2. The van der Waals surface area contributed by atoms with Crippen LogP contribution in [0.1, 0.15) is 476 Å². The molecule has 0 aromatic heterocycles. The van der Waals surface area contributed by atoms with Crippen molar-refractivity contribution in [3.63, 3.8) is 0 Å². The second kappa shape index (κ2) is 78.0. The number of aliphatic hydroxyl groups is 2. The van der Waals surface area contributed by atoms with E-state index >= 15 is 0 Å². The van der Waals surface area contributed by atoms with Crippen LogP contribution in [0.2, 0.25) is 0 Å². The van der Waals surface area contributed by atoms with Crippen LogP contribution in [0.25, 0.3) is 0 Å². The lowest BCUT2D eigenvalue weighted by atomic mass is 10.0. The van der Waals surface area contributed by atoms with Crippen LogP contribution in [-0.4, -0.2) is 47.4 Å². The van der Waals surface area contributed by atoms with Gasteiger partial charge in [0.15, 0.2) is 0 Å². The van der Waals surface area contributed by atoms with Gasteiger partial charge in [-0.1, -0.05) is 424 Å². The van der Waals surface area contributed by atoms with Crippen LogP contribution in [0.4, 0.5) is 0 Å². The van der Waals surface area contributed by atoms with Gasteiger partial charge in [0.05, 0.1) is 25.4 Å². The van der Waals surface area contributed by atoms with E-state index in [0.29, 0.717) is 25.9 Å². The molecule has 524 valence electrons. The van der Waals surface area contributed by atoms with Gasteiger partial charge < -0.3 is 20.3 Å². The predicted molar refractivity (Wildman–Crippen MR) is 389 cm³/mol. The van der Waals surface area contributed by atoms with Crippen molar-refractivity contribution in [2.24, 2.45) is 0 Å². The molecule has 1 amide bonds. The third kappa shape index (κ3) is 73.6. The van der Waals surface area contributed by atoms with E-state index < -0.39 is 12.1 Å². The molecule has 0 heterocycles. The summed E-state index contributed by atoms with van der Waals surface area (Å²) in [5, 5.41) is 23.5. The zero-order chi connectivity index (χ0) is 63.5. The molecule has 0 aliphatic carbocycles. The van der Waals surface area contributed by atoms with Gasteiger partial charge >= 0.3 is 5.97 Å². The zero-order valence-electron chi connectivity index (χ0n) is 60.3. The summed E-state index contributed by atoms with van der Waals surface area (Å²) in [5.74, 6) is -0.00517. The van der Waals surface area contributed by atoms with Crippen molar-refractivity contribution in [3.05, 3.63) is 12.2 Å². The number of allylic oxidation sites excluding steroid dienone is 2. The number of ether oxygens (including phenoxy) is 1. The lowest BCUT2D eigenvalue weighted by Gasteiger charge is -2.22. The van der Waals surface area contributed by atoms with Gasteiger partial charge in [0, 0.05) is 12.8 Å². The molecular formula is C82H161NO5. The van der Waals surface area contributed by atoms with Crippen molar-refractivity contribution < 1.29 is 24.5 Å². The molecule has 0 spiro atoms. The van der Waals surface area contributed by atoms with Crippen molar-refractivity contribution in [2.75, 3.05) is 13.2 Å².